The first kappa shape index (κ1) is 15.7. The normalized spacial score (nSPS) is 21.1. The lowest BCUT2D eigenvalue weighted by Crippen LogP contribution is -2.53. The number of nitrogens with zero attached hydrogens (tertiary/aromatic N) is 3. The van der Waals surface area contributed by atoms with Crippen LogP contribution in [0.15, 0.2) is 12.1 Å². The van der Waals surface area contributed by atoms with Gasteiger partial charge in [0.15, 0.2) is 5.69 Å². The lowest BCUT2D eigenvalue weighted by atomic mass is 10.1. The topological polar surface area (TPSA) is 67.4 Å². The number of hydrogen-bond donors (Lipinski definition) is 1. The zero-order valence-corrected chi connectivity index (χ0v) is 13.2. The molecule has 1 saturated heterocycles. The van der Waals surface area contributed by atoms with Crippen molar-refractivity contribution in [2.75, 3.05) is 25.0 Å². The first-order chi connectivity index (χ1) is 9.91. The Balaban J connectivity index is 2.05. The maximum absolute atomic E-state index is 12.5. The third-order valence-electron chi connectivity index (χ3n) is 3.30. The molecule has 0 aromatic carbocycles. The summed E-state index contributed by atoms with van der Waals surface area (Å²) in [5.74, 6) is 0.608. The summed E-state index contributed by atoms with van der Waals surface area (Å²) in [5, 5.41) is 11.2. The molecule has 0 aliphatic carbocycles. The highest BCUT2D eigenvalue weighted by Crippen LogP contribution is 2.22. The third kappa shape index (κ3) is 4.14. The predicted octanol–water partition coefficient (Wildman–Crippen LogP) is 1.94. The standard InChI is InChI=1S/C15H24N4O2/c1-5-8-16-13-7-6-12(17-18-13)14(20)19-9-11(2)21-15(3,4)10-19/h6-7,11H,5,8-10H2,1-4H3,(H,16,18). The van der Waals surface area contributed by atoms with E-state index in [1.807, 2.05) is 20.8 Å². The van der Waals surface area contributed by atoms with Crippen LogP contribution in [0.1, 0.15) is 44.6 Å². The molecule has 1 aliphatic heterocycles. The van der Waals surface area contributed by atoms with Crippen LogP contribution < -0.4 is 5.32 Å². The molecule has 2 heterocycles. The van der Waals surface area contributed by atoms with Crippen LogP contribution in [0, 0.1) is 0 Å². The highest BCUT2D eigenvalue weighted by molar-refractivity contribution is 5.92. The predicted molar refractivity (Wildman–Crippen MR) is 81.3 cm³/mol. The molecule has 0 saturated carbocycles. The van der Waals surface area contributed by atoms with Gasteiger partial charge in [-0.1, -0.05) is 6.92 Å². The third-order valence-corrected chi connectivity index (χ3v) is 3.30. The number of ether oxygens (including phenoxy) is 1. The minimum Gasteiger partial charge on any atom is -0.369 e. The molecule has 1 aromatic heterocycles. The van der Waals surface area contributed by atoms with Crippen LogP contribution in [0.2, 0.25) is 0 Å². The van der Waals surface area contributed by atoms with Crippen molar-refractivity contribution in [1.82, 2.24) is 15.1 Å². The van der Waals surface area contributed by atoms with E-state index < -0.39 is 0 Å². The fourth-order valence-corrected chi connectivity index (χ4v) is 2.56. The summed E-state index contributed by atoms with van der Waals surface area (Å²) < 4.78 is 5.81. The fourth-order valence-electron chi connectivity index (χ4n) is 2.56. The van der Waals surface area contributed by atoms with Crippen molar-refractivity contribution >= 4 is 11.7 Å². The Bertz CT molecular complexity index is 487. The lowest BCUT2D eigenvalue weighted by Gasteiger charge is -2.41. The Morgan fingerprint density at radius 2 is 2.24 bits per heavy atom. The van der Waals surface area contributed by atoms with E-state index in [0.29, 0.717) is 24.6 Å². The second kappa shape index (κ2) is 6.39. The summed E-state index contributed by atoms with van der Waals surface area (Å²) in [4.78, 5) is 14.3. The molecule has 1 unspecified atom stereocenters. The van der Waals surface area contributed by atoms with Crippen molar-refractivity contribution in [3.05, 3.63) is 17.8 Å². The minimum absolute atomic E-state index is 0.0242. The van der Waals surface area contributed by atoms with Crippen molar-refractivity contribution in [2.24, 2.45) is 0 Å². The number of rotatable bonds is 4. The molecule has 1 aromatic rings. The van der Waals surface area contributed by atoms with Crippen LogP contribution in [-0.2, 0) is 4.74 Å². The van der Waals surface area contributed by atoms with Crippen LogP contribution in [0.5, 0.6) is 0 Å². The van der Waals surface area contributed by atoms with Crippen LogP contribution in [0.3, 0.4) is 0 Å². The zero-order chi connectivity index (χ0) is 15.5. The second-order valence-electron chi connectivity index (χ2n) is 6.10. The van der Waals surface area contributed by atoms with E-state index in [1.54, 1.807) is 17.0 Å². The Morgan fingerprint density at radius 1 is 1.48 bits per heavy atom. The summed E-state index contributed by atoms with van der Waals surface area (Å²) in [5.41, 5.74) is 0.0468. The summed E-state index contributed by atoms with van der Waals surface area (Å²) in [6, 6.07) is 3.52. The van der Waals surface area contributed by atoms with Gasteiger partial charge in [0.05, 0.1) is 11.7 Å². The number of nitrogens with one attached hydrogen (secondary N) is 1. The molecule has 0 radical (unpaired) electrons. The highest BCUT2D eigenvalue weighted by atomic mass is 16.5. The highest BCUT2D eigenvalue weighted by Gasteiger charge is 2.34. The van der Waals surface area contributed by atoms with Crippen LogP contribution >= 0.6 is 0 Å². The number of hydrogen-bond acceptors (Lipinski definition) is 5. The Labute approximate surface area is 125 Å². The van der Waals surface area contributed by atoms with Crippen molar-refractivity contribution in [2.45, 2.75) is 45.8 Å². The van der Waals surface area contributed by atoms with E-state index in [2.05, 4.69) is 22.4 Å². The molecule has 6 nitrogen and oxygen atoms in total. The van der Waals surface area contributed by atoms with Gasteiger partial charge in [-0.05, 0) is 39.3 Å². The van der Waals surface area contributed by atoms with Crippen molar-refractivity contribution < 1.29 is 9.53 Å². The molecule has 0 bridgehead atoms. The van der Waals surface area contributed by atoms with Gasteiger partial charge in [-0.25, -0.2) is 0 Å². The molecule has 0 spiro atoms. The second-order valence-corrected chi connectivity index (χ2v) is 6.10. The molecule has 1 N–H and O–H groups in total. The smallest absolute Gasteiger partial charge is 0.274 e. The molecule has 1 aliphatic rings. The molecule has 2 rings (SSSR count). The van der Waals surface area contributed by atoms with Gasteiger partial charge in [-0.15, -0.1) is 10.2 Å². The van der Waals surface area contributed by atoms with E-state index in [0.717, 1.165) is 13.0 Å². The fraction of sp³-hybridized carbons (Fsp3) is 0.667. The molecule has 1 fully saturated rings. The van der Waals surface area contributed by atoms with Gasteiger partial charge in [-0.2, -0.15) is 0 Å². The van der Waals surface area contributed by atoms with Crippen LogP contribution in [0.4, 0.5) is 5.82 Å². The monoisotopic (exact) mass is 292 g/mol. The van der Waals surface area contributed by atoms with Gasteiger partial charge >= 0.3 is 0 Å². The average molecular weight is 292 g/mol. The number of aromatic nitrogens is 2. The van der Waals surface area contributed by atoms with Crippen LogP contribution in [0.25, 0.3) is 0 Å². The zero-order valence-electron chi connectivity index (χ0n) is 13.2. The van der Waals surface area contributed by atoms with Crippen LogP contribution in [-0.4, -0.2) is 52.3 Å². The van der Waals surface area contributed by atoms with Crippen molar-refractivity contribution in [1.29, 1.82) is 0 Å². The first-order valence-electron chi connectivity index (χ1n) is 7.46. The number of amides is 1. The number of anilines is 1. The van der Waals surface area contributed by atoms with E-state index in [-0.39, 0.29) is 17.6 Å². The molecular weight excluding hydrogens is 268 g/mol. The summed E-state index contributed by atoms with van der Waals surface area (Å²) in [6.45, 7) is 10.0. The molecule has 6 heteroatoms. The van der Waals surface area contributed by atoms with Gasteiger partial charge in [0.1, 0.15) is 5.82 Å². The van der Waals surface area contributed by atoms with Crippen molar-refractivity contribution in [3.8, 4) is 0 Å². The SMILES string of the molecule is CCCNc1ccc(C(=O)N2CC(C)OC(C)(C)C2)nn1. The number of carbonyl (C=O) groups excluding carboxylic acids is 1. The van der Waals surface area contributed by atoms with Gasteiger partial charge in [-0.3, -0.25) is 4.79 Å². The largest absolute Gasteiger partial charge is 0.369 e. The Kier molecular flexibility index (Phi) is 4.77. The van der Waals surface area contributed by atoms with Gasteiger partial charge in [0.2, 0.25) is 0 Å². The average Bonchev–Trinajstić information content (AvgIpc) is 2.42. The van der Waals surface area contributed by atoms with E-state index in [4.69, 9.17) is 4.74 Å². The molecule has 116 valence electrons. The minimum atomic E-state index is -0.330. The van der Waals surface area contributed by atoms with Gasteiger partial charge in [0.25, 0.3) is 5.91 Å². The number of carbonyl (C=O) groups is 1. The molecular formula is C15H24N4O2. The van der Waals surface area contributed by atoms with E-state index >= 15 is 0 Å². The van der Waals surface area contributed by atoms with Gasteiger partial charge < -0.3 is 15.0 Å². The number of morpholine rings is 1. The summed E-state index contributed by atoms with van der Waals surface area (Å²) in [6.07, 6.45) is 1.04. The van der Waals surface area contributed by atoms with E-state index in [1.165, 1.54) is 0 Å². The molecule has 21 heavy (non-hydrogen) atoms. The maximum atomic E-state index is 12.5. The molecule has 1 atom stereocenters. The molecule has 1 amide bonds. The lowest BCUT2D eigenvalue weighted by molar-refractivity contribution is -0.119. The summed E-state index contributed by atoms with van der Waals surface area (Å²) in [7, 11) is 0. The maximum Gasteiger partial charge on any atom is 0.274 e. The van der Waals surface area contributed by atoms with E-state index in [9.17, 15) is 4.79 Å². The first-order valence-corrected chi connectivity index (χ1v) is 7.46. The van der Waals surface area contributed by atoms with Crippen molar-refractivity contribution in [3.63, 3.8) is 0 Å². The Hall–Kier alpha value is -1.69. The quantitative estimate of drug-likeness (QED) is 0.918. The van der Waals surface area contributed by atoms with Gasteiger partial charge in [0, 0.05) is 19.6 Å². The summed E-state index contributed by atoms with van der Waals surface area (Å²) >= 11 is 0. The Morgan fingerprint density at radius 3 is 2.81 bits per heavy atom.